The third-order valence-corrected chi connectivity index (χ3v) is 2.12. The van der Waals surface area contributed by atoms with Gasteiger partial charge in [0.05, 0.1) is 31.8 Å². The quantitative estimate of drug-likeness (QED) is 0.716. The molecule has 4 heteroatoms. The number of aliphatic hydroxyl groups excluding tert-OH is 1. The Morgan fingerprint density at radius 2 is 2.43 bits per heavy atom. The van der Waals surface area contributed by atoms with Crippen molar-refractivity contribution in [3.05, 3.63) is 24.2 Å². The third-order valence-electron chi connectivity index (χ3n) is 2.12. The summed E-state index contributed by atoms with van der Waals surface area (Å²) in [6.07, 6.45) is 3.33. The number of aliphatic hydroxyl groups is 1. The van der Waals surface area contributed by atoms with Gasteiger partial charge >= 0.3 is 0 Å². The van der Waals surface area contributed by atoms with Crippen LogP contribution in [0.1, 0.15) is 18.5 Å². The van der Waals surface area contributed by atoms with Crippen molar-refractivity contribution in [3.8, 4) is 0 Å². The van der Waals surface area contributed by atoms with E-state index in [1.54, 1.807) is 19.6 Å². The Bertz CT molecular complexity index is 236. The van der Waals surface area contributed by atoms with Crippen LogP contribution in [0.25, 0.3) is 0 Å². The van der Waals surface area contributed by atoms with Gasteiger partial charge in [-0.15, -0.1) is 0 Å². The molecule has 0 fully saturated rings. The van der Waals surface area contributed by atoms with Gasteiger partial charge in [0.2, 0.25) is 0 Å². The summed E-state index contributed by atoms with van der Waals surface area (Å²) in [7, 11) is 1.62. The molecule has 2 unspecified atom stereocenters. The van der Waals surface area contributed by atoms with E-state index in [0.717, 1.165) is 5.56 Å². The highest BCUT2D eigenvalue weighted by Gasteiger charge is 2.12. The molecule has 0 spiro atoms. The first-order chi connectivity index (χ1) is 6.77. The molecule has 80 valence electrons. The Morgan fingerprint density at radius 1 is 1.64 bits per heavy atom. The van der Waals surface area contributed by atoms with E-state index in [9.17, 15) is 0 Å². The predicted octanol–water partition coefficient (Wildman–Crippen LogP) is 0.938. The molecular weight excluding hydrogens is 182 g/mol. The van der Waals surface area contributed by atoms with Crippen molar-refractivity contribution in [1.29, 1.82) is 0 Å². The van der Waals surface area contributed by atoms with Crippen LogP contribution >= 0.6 is 0 Å². The molecule has 2 atom stereocenters. The summed E-state index contributed by atoms with van der Waals surface area (Å²) in [5.74, 6) is 0. The number of nitrogens with one attached hydrogen (secondary N) is 1. The smallest absolute Gasteiger partial charge is 0.0950 e. The van der Waals surface area contributed by atoms with Crippen LogP contribution in [0.3, 0.4) is 0 Å². The Hall–Kier alpha value is -0.840. The standard InChI is InChI=1S/C10H17NO3/c1-8(9-3-4-14-6-9)11-10(5-12)7-13-2/h3-4,6,8,10-12H,5,7H2,1-2H3. The molecule has 0 saturated heterocycles. The van der Waals surface area contributed by atoms with Crippen LogP contribution in [0, 0.1) is 0 Å². The number of methoxy groups -OCH3 is 1. The zero-order chi connectivity index (χ0) is 10.4. The third kappa shape index (κ3) is 3.14. The lowest BCUT2D eigenvalue weighted by Gasteiger charge is -2.19. The summed E-state index contributed by atoms with van der Waals surface area (Å²) in [4.78, 5) is 0. The SMILES string of the molecule is COCC(CO)NC(C)c1ccoc1. The summed E-state index contributed by atoms with van der Waals surface area (Å²) in [6.45, 7) is 2.58. The fourth-order valence-corrected chi connectivity index (χ4v) is 1.33. The van der Waals surface area contributed by atoms with Gasteiger partial charge in [-0.05, 0) is 13.0 Å². The molecule has 0 aliphatic rings. The van der Waals surface area contributed by atoms with Crippen LogP contribution in [0.4, 0.5) is 0 Å². The monoisotopic (exact) mass is 199 g/mol. The molecule has 1 rings (SSSR count). The van der Waals surface area contributed by atoms with Gasteiger partial charge in [0.15, 0.2) is 0 Å². The van der Waals surface area contributed by atoms with Crippen LogP contribution in [0.5, 0.6) is 0 Å². The second-order valence-corrected chi connectivity index (χ2v) is 3.28. The molecule has 0 radical (unpaired) electrons. The minimum Gasteiger partial charge on any atom is -0.472 e. The van der Waals surface area contributed by atoms with Crippen molar-refractivity contribution in [1.82, 2.24) is 5.32 Å². The first kappa shape index (κ1) is 11.2. The normalized spacial score (nSPS) is 15.4. The highest BCUT2D eigenvalue weighted by molar-refractivity contribution is 5.10. The Kier molecular flexibility index (Phi) is 4.65. The fourth-order valence-electron chi connectivity index (χ4n) is 1.33. The topological polar surface area (TPSA) is 54.6 Å². The predicted molar refractivity (Wildman–Crippen MR) is 53.0 cm³/mol. The molecule has 0 amide bonds. The van der Waals surface area contributed by atoms with Crippen molar-refractivity contribution in [2.75, 3.05) is 20.3 Å². The van der Waals surface area contributed by atoms with Gasteiger partial charge in [-0.25, -0.2) is 0 Å². The first-order valence-corrected chi connectivity index (χ1v) is 4.66. The van der Waals surface area contributed by atoms with Crippen LogP contribution < -0.4 is 5.32 Å². The highest BCUT2D eigenvalue weighted by Crippen LogP contribution is 2.12. The molecule has 0 aromatic carbocycles. The fraction of sp³-hybridized carbons (Fsp3) is 0.600. The highest BCUT2D eigenvalue weighted by atomic mass is 16.5. The van der Waals surface area contributed by atoms with E-state index in [-0.39, 0.29) is 18.7 Å². The average Bonchev–Trinajstić information content (AvgIpc) is 2.69. The molecule has 4 nitrogen and oxygen atoms in total. The van der Waals surface area contributed by atoms with Gasteiger partial charge in [-0.3, -0.25) is 0 Å². The van der Waals surface area contributed by atoms with E-state index in [1.165, 1.54) is 0 Å². The van der Waals surface area contributed by atoms with Gasteiger partial charge < -0.3 is 19.6 Å². The van der Waals surface area contributed by atoms with Gasteiger partial charge in [-0.1, -0.05) is 0 Å². The second kappa shape index (κ2) is 5.80. The van der Waals surface area contributed by atoms with Crippen LogP contribution in [-0.4, -0.2) is 31.5 Å². The molecule has 0 saturated carbocycles. The van der Waals surface area contributed by atoms with Crippen molar-refractivity contribution in [3.63, 3.8) is 0 Å². The minimum absolute atomic E-state index is 0.0371. The van der Waals surface area contributed by atoms with Crippen molar-refractivity contribution < 1.29 is 14.3 Å². The zero-order valence-electron chi connectivity index (χ0n) is 8.56. The maximum absolute atomic E-state index is 9.04. The molecule has 1 aromatic rings. The van der Waals surface area contributed by atoms with Gasteiger partial charge in [-0.2, -0.15) is 0 Å². The summed E-state index contributed by atoms with van der Waals surface area (Å²) >= 11 is 0. The van der Waals surface area contributed by atoms with E-state index in [0.29, 0.717) is 6.61 Å². The van der Waals surface area contributed by atoms with Gasteiger partial charge in [0.1, 0.15) is 0 Å². The Morgan fingerprint density at radius 3 is 2.93 bits per heavy atom. The van der Waals surface area contributed by atoms with Crippen LogP contribution in [0.15, 0.2) is 23.0 Å². The maximum Gasteiger partial charge on any atom is 0.0950 e. The summed E-state index contributed by atoms with van der Waals surface area (Å²) < 4.78 is 9.94. The van der Waals surface area contributed by atoms with Crippen LogP contribution in [0.2, 0.25) is 0 Å². The van der Waals surface area contributed by atoms with Gasteiger partial charge in [0.25, 0.3) is 0 Å². The van der Waals surface area contributed by atoms with Crippen molar-refractivity contribution >= 4 is 0 Å². The Labute approximate surface area is 83.9 Å². The second-order valence-electron chi connectivity index (χ2n) is 3.28. The number of ether oxygens (including phenoxy) is 1. The minimum atomic E-state index is -0.0371. The lowest BCUT2D eigenvalue weighted by molar-refractivity contribution is 0.123. The molecule has 1 aromatic heterocycles. The molecular formula is C10H17NO3. The van der Waals surface area contributed by atoms with Gasteiger partial charge in [0, 0.05) is 18.7 Å². The van der Waals surface area contributed by atoms with E-state index in [1.807, 2.05) is 13.0 Å². The van der Waals surface area contributed by atoms with E-state index < -0.39 is 0 Å². The molecule has 0 aliphatic heterocycles. The van der Waals surface area contributed by atoms with Crippen LogP contribution in [-0.2, 0) is 4.74 Å². The average molecular weight is 199 g/mol. The molecule has 0 aliphatic carbocycles. The number of rotatable bonds is 6. The maximum atomic E-state index is 9.04. The largest absolute Gasteiger partial charge is 0.472 e. The number of furan rings is 1. The summed E-state index contributed by atoms with van der Waals surface area (Å²) in [5.41, 5.74) is 1.07. The summed E-state index contributed by atoms with van der Waals surface area (Å²) in [5, 5.41) is 12.3. The van der Waals surface area contributed by atoms with Crippen molar-refractivity contribution in [2.24, 2.45) is 0 Å². The molecule has 1 heterocycles. The Balaban J connectivity index is 2.42. The molecule has 2 N–H and O–H groups in total. The number of hydrogen-bond acceptors (Lipinski definition) is 4. The molecule has 14 heavy (non-hydrogen) atoms. The lowest BCUT2D eigenvalue weighted by Crippen LogP contribution is -2.37. The first-order valence-electron chi connectivity index (χ1n) is 4.66. The zero-order valence-corrected chi connectivity index (χ0v) is 8.56. The number of hydrogen-bond donors (Lipinski definition) is 2. The van der Waals surface area contributed by atoms with E-state index in [4.69, 9.17) is 14.3 Å². The molecule has 0 bridgehead atoms. The van der Waals surface area contributed by atoms with Crippen molar-refractivity contribution in [2.45, 2.75) is 19.0 Å². The lowest BCUT2D eigenvalue weighted by atomic mass is 10.1. The van der Waals surface area contributed by atoms with E-state index >= 15 is 0 Å². The van der Waals surface area contributed by atoms with E-state index in [2.05, 4.69) is 5.32 Å². The summed E-state index contributed by atoms with van der Waals surface area (Å²) in [6, 6.07) is 2.02.